The van der Waals surface area contributed by atoms with Gasteiger partial charge in [-0.15, -0.1) is 10.2 Å². The van der Waals surface area contributed by atoms with E-state index in [2.05, 4.69) is 36.8 Å². The number of nitrogens with zero attached hydrogens (tertiary/aromatic N) is 3. The second kappa shape index (κ2) is 9.61. The van der Waals surface area contributed by atoms with E-state index < -0.39 is 0 Å². The lowest BCUT2D eigenvalue weighted by atomic mass is 10.1. The number of thiocarbonyl (C=S) groups is 1. The minimum absolute atomic E-state index is 0.144. The summed E-state index contributed by atoms with van der Waals surface area (Å²) in [6.45, 7) is 0. The van der Waals surface area contributed by atoms with Gasteiger partial charge in [0, 0.05) is 10.7 Å². The summed E-state index contributed by atoms with van der Waals surface area (Å²) in [6, 6.07) is 22.2. The molecule has 174 valence electrons. The molecule has 7 nitrogen and oxygen atoms in total. The third-order valence-corrected chi connectivity index (χ3v) is 6.56. The molecule has 0 aliphatic heterocycles. The minimum Gasteiger partial charge on any atom is -0.495 e. The van der Waals surface area contributed by atoms with Crippen molar-refractivity contribution in [2.75, 3.05) is 12.4 Å². The Morgan fingerprint density at radius 3 is 2.54 bits per heavy atom. The summed E-state index contributed by atoms with van der Waals surface area (Å²) in [7, 11) is 1.52. The van der Waals surface area contributed by atoms with Crippen molar-refractivity contribution in [3.8, 4) is 11.4 Å². The zero-order chi connectivity index (χ0) is 24.5. The first-order valence-electron chi connectivity index (χ1n) is 10.4. The molecule has 0 fully saturated rings. The fraction of sp³-hybridized carbons (Fsp3) is 0.0400. The molecule has 0 radical (unpaired) electrons. The van der Waals surface area contributed by atoms with Crippen LogP contribution in [0, 0.1) is 0 Å². The van der Waals surface area contributed by atoms with Crippen LogP contribution in [-0.2, 0) is 0 Å². The molecule has 35 heavy (non-hydrogen) atoms. The topological polar surface area (TPSA) is 81.1 Å². The summed E-state index contributed by atoms with van der Waals surface area (Å²) in [5.74, 6) is 0.0461. The molecular weight excluding hydrogens is 550 g/mol. The lowest BCUT2D eigenvalue weighted by Crippen LogP contribution is -2.34. The molecule has 0 aliphatic carbocycles. The summed E-state index contributed by atoms with van der Waals surface area (Å²) in [6.07, 6.45) is 0. The van der Waals surface area contributed by atoms with Crippen LogP contribution in [-0.4, -0.2) is 33.1 Å². The molecule has 1 aromatic heterocycles. The number of rotatable bonds is 4. The van der Waals surface area contributed by atoms with Crippen molar-refractivity contribution in [3.63, 3.8) is 0 Å². The van der Waals surface area contributed by atoms with E-state index in [1.807, 2.05) is 48.5 Å². The Balaban J connectivity index is 1.35. The highest BCUT2D eigenvalue weighted by Gasteiger charge is 2.19. The van der Waals surface area contributed by atoms with Crippen molar-refractivity contribution in [1.29, 1.82) is 0 Å². The molecule has 4 aromatic carbocycles. The smallest absolute Gasteiger partial charge is 0.261 e. The van der Waals surface area contributed by atoms with E-state index in [0.29, 0.717) is 37.5 Å². The van der Waals surface area contributed by atoms with Gasteiger partial charge in [-0.25, -0.2) is 0 Å². The minimum atomic E-state index is -0.388. The van der Waals surface area contributed by atoms with Crippen molar-refractivity contribution in [3.05, 3.63) is 87.9 Å². The molecule has 0 bridgehead atoms. The summed E-state index contributed by atoms with van der Waals surface area (Å²) >= 11 is 14.9. The first-order chi connectivity index (χ1) is 16.9. The molecule has 1 heterocycles. The van der Waals surface area contributed by atoms with Crippen LogP contribution in [0.25, 0.3) is 27.5 Å². The second-order valence-electron chi connectivity index (χ2n) is 7.57. The number of carbonyl (C=O) groups excluding carboxylic acids is 1. The van der Waals surface area contributed by atoms with Gasteiger partial charge in [0.15, 0.2) is 5.11 Å². The number of methoxy groups -OCH3 is 1. The quantitative estimate of drug-likeness (QED) is 0.255. The number of fused-ring (bicyclic) bond motifs is 2. The van der Waals surface area contributed by atoms with Crippen LogP contribution >= 0.6 is 39.7 Å². The van der Waals surface area contributed by atoms with Crippen LogP contribution in [0.15, 0.2) is 77.3 Å². The predicted molar refractivity (Wildman–Crippen MR) is 146 cm³/mol. The van der Waals surface area contributed by atoms with Gasteiger partial charge < -0.3 is 10.1 Å². The first kappa shape index (κ1) is 23.2. The van der Waals surface area contributed by atoms with Gasteiger partial charge in [-0.2, -0.15) is 4.80 Å². The van der Waals surface area contributed by atoms with Crippen LogP contribution in [0.4, 0.5) is 5.69 Å². The van der Waals surface area contributed by atoms with Gasteiger partial charge in [-0.05, 0) is 87.5 Å². The molecule has 0 spiro atoms. The highest BCUT2D eigenvalue weighted by atomic mass is 79.9. The molecule has 0 aliphatic rings. The number of aromatic nitrogens is 3. The maximum atomic E-state index is 13.0. The Morgan fingerprint density at radius 1 is 1.03 bits per heavy atom. The normalized spacial score (nSPS) is 10.9. The number of anilines is 1. The van der Waals surface area contributed by atoms with Crippen molar-refractivity contribution in [1.82, 2.24) is 20.3 Å². The zero-order valence-corrected chi connectivity index (χ0v) is 21.4. The third-order valence-electron chi connectivity index (χ3n) is 5.31. The number of halogens is 2. The van der Waals surface area contributed by atoms with Gasteiger partial charge in [0.25, 0.3) is 5.91 Å². The Bertz CT molecular complexity index is 1600. The van der Waals surface area contributed by atoms with Crippen molar-refractivity contribution in [2.45, 2.75) is 0 Å². The summed E-state index contributed by atoms with van der Waals surface area (Å²) in [4.78, 5) is 14.6. The van der Waals surface area contributed by atoms with Crippen LogP contribution < -0.4 is 15.4 Å². The van der Waals surface area contributed by atoms with E-state index >= 15 is 0 Å². The lowest BCUT2D eigenvalue weighted by Gasteiger charge is -2.14. The lowest BCUT2D eigenvalue weighted by molar-refractivity contribution is 0.0975. The molecule has 0 saturated heterocycles. The van der Waals surface area contributed by atoms with E-state index in [1.165, 1.54) is 11.9 Å². The van der Waals surface area contributed by atoms with E-state index in [9.17, 15) is 4.79 Å². The largest absolute Gasteiger partial charge is 0.495 e. The molecule has 0 unspecified atom stereocenters. The highest BCUT2D eigenvalue weighted by molar-refractivity contribution is 9.10. The zero-order valence-electron chi connectivity index (χ0n) is 18.3. The maximum Gasteiger partial charge on any atom is 0.261 e. The van der Waals surface area contributed by atoms with Crippen LogP contribution in [0.3, 0.4) is 0 Å². The van der Waals surface area contributed by atoms with Gasteiger partial charge >= 0.3 is 0 Å². The molecule has 1 amide bonds. The van der Waals surface area contributed by atoms with Crippen molar-refractivity contribution in [2.24, 2.45) is 0 Å². The van der Waals surface area contributed by atoms with E-state index in [0.717, 1.165) is 16.5 Å². The van der Waals surface area contributed by atoms with Gasteiger partial charge in [-0.3, -0.25) is 10.1 Å². The first-order valence-corrected chi connectivity index (χ1v) is 12.0. The average Bonchev–Trinajstić information content (AvgIpc) is 3.27. The molecule has 2 N–H and O–H groups in total. The molecule has 10 heteroatoms. The van der Waals surface area contributed by atoms with E-state index in [4.69, 9.17) is 28.6 Å². The average molecular weight is 567 g/mol. The fourth-order valence-corrected chi connectivity index (χ4v) is 4.74. The maximum absolute atomic E-state index is 13.0. The number of hydrogen-bond acceptors (Lipinski definition) is 5. The Hall–Kier alpha value is -3.53. The van der Waals surface area contributed by atoms with Crippen LogP contribution in [0.2, 0.25) is 5.02 Å². The number of hydrogen-bond donors (Lipinski definition) is 2. The molecule has 0 atom stereocenters. The highest BCUT2D eigenvalue weighted by Crippen LogP contribution is 2.36. The SMILES string of the molecule is COc1c(C(=O)NC(=S)Nc2ccc3nn(-c4ccc(Cl)cc4)nc3c2)cc2ccccc2c1Br. The van der Waals surface area contributed by atoms with Gasteiger partial charge in [-0.1, -0.05) is 35.9 Å². The summed E-state index contributed by atoms with van der Waals surface area (Å²) in [5, 5.41) is 17.4. The van der Waals surface area contributed by atoms with E-state index in [-0.39, 0.29) is 11.0 Å². The number of nitrogens with one attached hydrogen (secondary N) is 2. The van der Waals surface area contributed by atoms with Crippen LogP contribution in [0.5, 0.6) is 5.75 Å². The molecule has 5 rings (SSSR count). The Labute approximate surface area is 219 Å². The second-order valence-corrected chi connectivity index (χ2v) is 9.21. The molecule has 5 aromatic rings. The van der Waals surface area contributed by atoms with Crippen molar-refractivity contribution >= 4 is 78.3 Å². The van der Waals surface area contributed by atoms with Crippen molar-refractivity contribution < 1.29 is 9.53 Å². The summed E-state index contributed by atoms with van der Waals surface area (Å²) < 4.78 is 6.21. The molecular formula is C25H17BrClN5O2S. The monoisotopic (exact) mass is 565 g/mol. The fourth-order valence-electron chi connectivity index (χ4n) is 3.67. The number of benzene rings is 4. The number of ether oxygens (including phenoxy) is 1. The van der Waals surface area contributed by atoms with Gasteiger partial charge in [0.05, 0.1) is 22.8 Å². The molecule has 0 saturated carbocycles. The van der Waals surface area contributed by atoms with Gasteiger partial charge in [0.2, 0.25) is 0 Å². The summed E-state index contributed by atoms with van der Waals surface area (Å²) in [5.41, 5.74) is 3.20. The van der Waals surface area contributed by atoms with E-state index in [1.54, 1.807) is 24.3 Å². The Morgan fingerprint density at radius 2 is 1.77 bits per heavy atom. The number of amides is 1. The predicted octanol–water partition coefficient (Wildman–Crippen LogP) is 6.13. The van der Waals surface area contributed by atoms with Crippen LogP contribution in [0.1, 0.15) is 10.4 Å². The third kappa shape index (κ3) is 4.70. The van der Waals surface area contributed by atoms with Gasteiger partial charge in [0.1, 0.15) is 16.8 Å². The number of carbonyl (C=O) groups is 1. The Kier molecular flexibility index (Phi) is 6.38. The standard InChI is InChI=1S/C25H17BrClN5O2S/c1-34-23-19(12-14-4-2-3-5-18(14)22(23)26)24(33)29-25(35)28-16-8-11-20-21(13-16)31-32(30-20)17-9-6-15(27)7-10-17/h2-13H,1H3,(H2,28,29,33,35).